The summed E-state index contributed by atoms with van der Waals surface area (Å²) in [5.41, 5.74) is 4.05. The Morgan fingerprint density at radius 1 is 1.47 bits per heavy atom. The summed E-state index contributed by atoms with van der Waals surface area (Å²) < 4.78 is 0. The van der Waals surface area contributed by atoms with E-state index in [1.165, 1.54) is 35.4 Å². The van der Waals surface area contributed by atoms with Gasteiger partial charge in [0, 0.05) is 18.8 Å². The lowest BCUT2D eigenvalue weighted by molar-refractivity contribution is 0.757. The zero-order valence-corrected chi connectivity index (χ0v) is 13.4. The molecule has 0 aromatic heterocycles. The lowest BCUT2D eigenvalue weighted by atomic mass is 10.00. The van der Waals surface area contributed by atoms with E-state index in [1.54, 1.807) is 0 Å². The highest BCUT2D eigenvalue weighted by Crippen LogP contribution is 2.27. The molecule has 1 aromatic rings. The maximum absolute atomic E-state index is 5.54. The molecule has 0 saturated heterocycles. The van der Waals surface area contributed by atoms with Gasteiger partial charge < -0.3 is 10.2 Å². The first-order valence-electron chi connectivity index (χ1n) is 6.86. The van der Waals surface area contributed by atoms with Crippen LogP contribution in [-0.2, 0) is 6.42 Å². The van der Waals surface area contributed by atoms with Gasteiger partial charge in [0.15, 0.2) is 5.11 Å². The van der Waals surface area contributed by atoms with E-state index in [0.29, 0.717) is 0 Å². The SMILES string of the molecule is CSCCCNC(=S)N1CCCc2cc(C)ccc21. The monoisotopic (exact) mass is 294 g/mol. The van der Waals surface area contributed by atoms with E-state index < -0.39 is 0 Å². The molecule has 0 amide bonds. The molecule has 1 heterocycles. The molecule has 1 aliphatic rings. The van der Waals surface area contributed by atoms with Crippen molar-refractivity contribution in [2.45, 2.75) is 26.2 Å². The third-order valence-electron chi connectivity index (χ3n) is 3.40. The van der Waals surface area contributed by atoms with Crippen molar-refractivity contribution in [2.75, 3.05) is 30.0 Å². The van der Waals surface area contributed by atoms with Crippen molar-refractivity contribution in [3.63, 3.8) is 0 Å². The first-order valence-corrected chi connectivity index (χ1v) is 8.66. The molecule has 0 aliphatic carbocycles. The van der Waals surface area contributed by atoms with Gasteiger partial charge in [0.2, 0.25) is 0 Å². The predicted molar refractivity (Wildman–Crippen MR) is 90.4 cm³/mol. The van der Waals surface area contributed by atoms with E-state index in [2.05, 4.69) is 41.6 Å². The second-order valence-electron chi connectivity index (χ2n) is 4.97. The molecule has 104 valence electrons. The Kier molecular flexibility index (Phi) is 5.52. The molecule has 0 atom stereocenters. The minimum atomic E-state index is 0.880. The summed E-state index contributed by atoms with van der Waals surface area (Å²) in [4.78, 5) is 2.26. The summed E-state index contributed by atoms with van der Waals surface area (Å²) in [7, 11) is 0. The van der Waals surface area contributed by atoms with Crippen LogP contribution in [0, 0.1) is 6.92 Å². The van der Waals surface area contributed by atoms with Gasteiger partial charge in [-0.05, 0) is 62.0 Å². The van der Waals surface area contributed by atoms with Crippen molar-refractivity contribution in [1.29, 1.82) is 0 Å². The Balaban J connectivity index is 2.00. The standard InChI is InChI=1S/C15H22N2S2/c1-12-6-7-14-13(11-12)5-3-9-17(14)15(18)16-8-4-10-19-2/h6-7,11H,3-5,8-10H2,1-2H3,(H,16,18). The smallest absolute Gasteiger partial charge is 0.173 e. The van der Waals surface area contributed by atoms with Gasteiger partial charge in [-0.2, -0.15) is 11.8 Å². The van der Waals surface area contributed by atoms with Crippen LogP contribution in [0.25, 0.3) is 0 Å². The average molecular weight is 294 g/mol. The quantitative estimate of drug-likeness (QED) is 0.676. The molecule has 0 radical (unpaired) electrons. The first-order chi connectivity index (χ1) is 9.22. The van der Waals surface area contributed by atoms with Crippen LogP contribution < -0.4 is 10.2 Å². The third kappa shape index (κ3) is 3.86. The fourth-order valence-corrected chi connectivity index (χ4v) is 3.17. The van der Waals surface area contributed by atoms with E-state index in [1.807, 2.05) is 11.8 Å². The third-order valence-corrected chi connectivity index (χ3v) is 4.46. The van der Waals surface area contributed by atoms with Gasteiger partial charge in [-0.3, -0.25) is 0 Å². The van der Waals surface area contributed by atoms with Crippen LogP contribution in [0.5, 0.6) is 0 Å². The fraction of sp³-hybridized carbons (Fsp3) is 0.533. The number of anilines is 1. The van der Waals surface area contributed by atoms with Gasteiger partial charge in [-0.1, -0.05) is 17.7 Å². The zero-order chi connectivity index (χ0) is 13.7. The number of thiocarbonyl (C=S) groups is 1. The van der Waals surface area contributed by atoms with Gasteiger partial charge in [-0.15, -0.1) is 0 Å². The second kappa shape index (κ2) is 7.15. The first kappa shape index (κ1) is 14.7. The molecule has 0 spiro atoms. The van der Waals surface area contributed by atoms with Crippen molar-refractivity contribution in [3.8, 4) is 0 Å². The van der Waals surface area contributed by atoms with E-state index in [9.17, 15) is 0 Å². The summed E-state index contributed by atoms with van der Waals surface area (Å²) in [5, 5.41) is 4.27. The molecular formula is C15H22N2S2. The van der Waals surface area contributed by atoms with E-state index in [0.717, 1.165) is 24.6 Å². The maximum atomic E-state index is 5.54. The molecule has 0 fully saturated rings. The Labute approximate surface area is 126 Å². The summed E-state index contributed by atoms with van der Waals surface area (Å²) >= 11 is 7.42. The minimum Gasteiger partial charge on any atom is -0.362 e. The number of nitrogens with one attached hydrogen (secondary N) is 1. The van der Waals surface area contributed by atoms with E-state index >= 15 is 0 Å². The maximum Gasteiger partial charge on any atom is 0.173 e. The normalized spacial score (nSPS) is 14.1. The number of nitrogens with zero attached hydrogens (tertiary/aromatic N) is 1. The van der Waals surface area contributed by atoms with Crippen LogP contribution in [0.1, 0.15) is 24.0 Å². The van der Waals surface area contributed by atoms with Gasteiger partial charge in [-0.25, -0.2) is 0 Å². The van der Waals surface area contributed by atoms with Gasteiger partial charge in [0.1, 0.15) is 0 Å². The van der Waals surface area contributed by atoms with Crippen molar-refractivity contribution >= 4 is 34.8 Å². The van der Waals surface area contributed by atoms with E-state index in [-0.39, 0.29) is 0 Å². The molecule has 2 rings (SSSR count). The number of aryl methyl sites for hydroxylation is 2. The molecule has 1 aromatic carbocycles. The van der Waals surface area contributed by atoms with Crippen molar-refractivity contribution in [1.82, 2.24) is 5.32 Å². The van der Waals surface area contributed by atoms with Crippen LogP contribution in [0.15, 0.2) is 18.2 Å². The fourth-order valence-electron chi connectivity index (χ4n) is 2.44. The number of hydrogen-bond acceptors (Lipinski definition) is 2. The number of fused-ring (bicyclic) bond motifs is 1. The van der Waals surface area contributed by atoms with E-state index in [4.69, 9.17) is 12.2 Å². The van der Waals surface area contributed by atoms with Crippen LogP contribution in [-0.4, -0.2) is 30.2 Å². The lowest BCUT2D eigenvalue weighted by Crippen LogP contribution is -2.43. The molecule has 0 saturated carbocycles. The Bertz CT molecular complexity index is 446. The summed E-state index contributed by atoms with van der Waals surface area (Å²) in [6.45, 7) is 4.15. The van der Waals surface area contributed by atoms with Crippen molar-refractivity contribution in [3.05, 3.63) is 29.3 Å². The Morgan fingerprint density at radius 2 is 2.32 bits per heavy atom. The molecule has 1 N–H and O–H groups in total. The summed E-state index contributed by atoms with van der Waals surface area (Å²) in [5.74, 6) is 1.19. The van der Waals surface area contributed by atoms with Crippen LogP contribution in [0.2, 0.25) is 0 Å². The molecule has 0 unspecified atom stereocenters. The van der Waals surface area contributed by atoms with Gasteiger partial charge >= 0.3 is 0 Å². The highest BCUT2D eigenvalue weighted by molar-refractivity contribution is 7.98. The molecule has 19 heavy (non-hydrogen) atoms. The topological polar surface area (TPSA) is 15.3 Å². The molecule has 4 heteroatoms. The molecule has 0 bridgehead atoms. The van der Waals surface area contributed by atoms with Crippen LogP contribution in [0.3, 0.4) is 0 Å². The average Bonchev–Trinajstić information content (AvgIpc) is 2.42. The number of benzene rings is 1. The largest absolute Gasteiger partial charge is 0.362 e. The molecule has 1 aliphatic heterocycles. The van der Waals surface area contributed by atoms with Gasteiger partial charge in [0.25, 0.3) is 0 Å². The number of rotatable bonds is 4. The van der Waals surface area contributed by atoms with Crippen LogP contribution >= 0.6 is 24.0 Å². The molecule has 2 nitrogen and oxygen atoms in total. The van der Waals surface area contributed by atoms with Crippen LogP contribution in [0.4, 0.5) is 5.69 Å². The molecular weight excluding hydrogens is 272 g/mol. The summed E-state index contributed by atoms with van der Waals surface area (Å²) in [6.07, 6.45) is 5.66. The van der Waals surface area contributed by atoms with Crippen molar-refractivity contribution < 1.29 is 0 Å². The Morgan fingerprint density at radius 3 is 3.11 bits per heavy atom. The number of thioether (sulfide) groups is 1. The zero-order valence-electron chi connectivity index (χ0n) is 11.7. The van der Waals surface area contributed by atoms with Crippen molar-refractivity contribution in [2.24, 2.45) is 0 Å². The highest BCUT2D eigenvalue weighted by atomic mass is 32.2. The van der Waals surface area contributed by atoms with Gasteiger partial charge in [0.05, 0.1) is 0 Å². The second-order valence-corrected chi connectivity index (χ2v) is 6.34. The Hall–Kier alpha value is -0.740. The minimum absolute atomic E-state index is 0.880. The predicted octanol–water partition coefficient (Wildman–Crippen LogP) is 3.38. The number of hydrogen-bond donors (Lipinski definition) is 1. The lowest BCUT2D eigenvalue weighted by Gasteiger charge is -2.32. The highest BCUT2D eigenvalue weighted by Gasteiger charge is 2.19. The summed E-state index contributed by atoms with van der Waals surface area (Å²) in [6, 6.07) is 6.67.